The molecule has 0 aromatic carbocycles. The van der Waals surface area contributed by atoms with Crippen molar-refractivity contribution in [3.63, 3.8) is 0 Å². The van der Waals surface area contributed by atoms with E-state index < -0.39 is 58.9 Å². The summed E-state index contributed by atoms with van der Waals surface area (Å²) in [6, 6.07) is -1.53. The topological polar surface area (TPSA) is 58.6 Å². The molecule has 0 radical (unpaired) electrons. The van der Waals surface area contributed by atoms with Crippen LogP contribution in [-0.2, 0) is 9.53 Å². The molecule has 0 spiro atoms. The first kappa shape index (κ1) is 20.9. The lowest BCUT2D eigenvalue weighted by atomic mass is 9.69. The third kappa shape index (κ3) is 3.17. The van der Waals surface area contributed by atoms with Gasteiger partial charge in [0.25, 0.3) is 5.54 Å². The molecule has 0 aromatic rings. The minimum atomic E-state index is -5.94. The van der Waals surface area contributed by atoms with Crippen LogP contribution in [0.2, 0.25) is 0 Å². The number of allylic oxidation sites excluding steroid dienone is 1. The summed E-state index contributed by atoms with van der Waals surface area (Å²) < 4.78 is 88.0. The lowest BCUT2D eigenvalue weighted by Gasteiger charge is -2.49. The van der Waals surface area contributed by atoms with Crippen LogP contribution in [0.5, 0.6) is 0 Å². The minimum Gasteiger partial charge on any atom is -0.376 e. The average molecular weight is 414 g/mol. The molecule has 3 aliphatic rings. The molecule has 1 saturated heterocycles. The summed E-state index contributed by atoms with van der Waals surface area (Å²) in [5.41, 5.74) is -7.54. The third-order valence-electron chi connectivity index (χ3n) is 5.35. The van der Waals surface area contributed by atoms with Crippen molar-refractivity contribution in [1.29, 1.82) is 0 Å². The molecule has 2 aliphatic heterocycles. The van der Waals surface area contributed by atoms with Crippen LogP contribution >= 0.6 is 0 Å². The van der Waals surface area contributed by atoms with Crippen molar-refractivity contribution >= 4 is 11.8 Å². The fourth-order valence-electron chi connectivity index (χ4n) is 4.13. The number of amides is 2. The molecular weight excluding hydrogens is 394 g/mol. The fourth-order valence-corrected chi connectivity index (χ4v) is 4.13. The van der Waals surface area contributed by atoms with E-state index in [-0.39, 0.29) is 13.0 Å². The first-order valence-corrected chi connectivity index (χ1v) is 8.81. The van der Waals surface area contributed by atoms with Gasteiger partial charge in [0.1, 0.15) is 0 Å². The molecule has 1 fully saturated rings. The standard InChI is InChI=1S/C17H20F6N2O3/c1-14(2)6-10-12(11(26)7-14)15(16(18,19)20,17(21,22)23)24-13(27)25(10)8-9-4-3-5-28-9/h9H,3-8H2,1-2H3,(H,24,27)/t9-/m1/s1. The largest absolute Gasteiger partial charge is 0.425 e. The number of hydrogen-bond donors (Lipinski definition) is 1. The van der Waals surface area contributed by atoms with Gasteiger partial charge >= 0.3 is 18.4 Å². The first-order chi connectivity index (χ1) is 12.7. The van der Waals surface area contributed by atoms with Gasteiger partial charge in [-0.15, -0.1) is 0 Å². The van der Waals surface area contributed by atoms with Gasteiger partial charge in [-0.25, -0.2) is 4.79 Å². The van der Waals surface area contributed by atoms with Gasteiger partial charge in [0.05, 0.1) is 18.2 Å². The summed E-state index contributed by atoms with van der Waals surface area (Å²) >= 11 is 0. The second-order valence-electron chi connectivity index (χ2n) is 8.18. The van der Waals surface area contributed by atoms with Crippen LogP contribution in [-0.4, -0.2) is 53.9 Å². The lowest BCUT2D eigenvalue weighted by molar-refractivity contribution is -0.292. The Hall–Kier alpha value is -1.78. The van der Waals surface area contributed by atoms with Crippen molar-refractivity contribution in [2.45, 2.75) is 63.5 Å². The number of ketones is 1. The van der Waals surface area contributed by atoms with Crippen molar-refractivity contribution < 1.29 is 40.7 Å². The Balaban J connectivity index is 2.22. The molecule has 2 heterocycles. The number of carbonyl (C=O) groups excluding carboxylic acids is 2. The van der Waals surface area contributed by atoms with Gasteiger partial charge in [-0.1, -0.05) is 13.8 Å². The summed E-state index contributed by atoms with van der Waals surface area (Å²) in [6.45, 7) is 3.31. The molecule has 1 N–H and O–H groups in total. The number of nitrogens with one attached hydrogen (secondary N) is 1. The van der Waals surface area contributed by atoms with Gasteiger partial charge in [-0.2, -0.15) is 26.3 Å². The lowest BCUT2D eigenvalue weighted by Crippen LogP contribution is -2.74. The zero-order chi connectivity index (χ0) is 21.1. The number of ether oxygens (including phenoxy) is 1. The highest BCUT2D eigenvalue weighted by atomic mass is 19.4. The molecule has 2 amide bonds. The van der Waals surface area contributed by atoms with E-state index in [0.717, 1.165) is 10.2 Å². The smallest absolute Gasteiger partial charge is 0.376 e. The van der Waals surface area contributed by atoms with Crippen molar-refractivity contribution in [2.24, 2.45) is 5.41 Å². The summed E-state index contributed by atoms with van der Waals surface area (Å²) in [7, 11) is 0. The number of alkyl halides is 6. The Morgan fingerprint density at radius 3 is 2.21 bits per heavy atom. The maximum absolute atomic E-state index is 13.8. The Kier molecular flexibility index (Phi) is 4.76. The van der Waals surface area contributed by atoms with Gasteiger partial charge in [0.2, 0.25) is 0 Å². The number of urea groups is 1. The van der Waals surface area contributed by atoms with Crippen molar-refractivity contribution in [2.75, 3.05) is 13.2 Å². The third-order valence-corrected chi connectivity index (χ3v) is 5.35. The highest BCUT2D eigenvalue weighted by Crippen LogP contribution is 2.54. The minimum absolute atomic E-state index is 0.209. The number of halogens is 6. The molecule has 11 heteroatoms. The monoisotopic (exact) mass is 414 g/mol. The van der Waals surface area contributed by atoms with Crippen LogP contribution in [0.3, 0.4) is 0 Å². The average Bonchev–Trinajstić information content (AvgIpc) is 2.99. The summed E-state index contributed by atoms with van der Waals surface area (Å²) in [6.07, 6.45) is -11.9. The van der Waals surface area contributed by atoms with Gasteiger partial charge < -0.3 is 10.1 Å². The van der Waals surface area contributed by atoms with Crippen molar-refractivity contribution in [3.8, 4) is 0 Å². The molecule has 0 bridgehead atoms. The molecule has 0 aromatic heterocycles. The zero-order valence-electron chi connectivity index (χ0n) is 15.3. The summed E-state index contributed by atoms with van der Waals surface area (Å²) in [5, 5.41) is 1.09. The Morgan fingerprint density at radius 2 is 1.71 bits per heavy atom. The highest BCUT2D eigenvalue weighted by Gasteiger charge is 2.77. The van der Waals surface area contributed by atoms with Gasteiger partial charge in [-0.05, 0) is 24.7 Å². The predicted octanol–water partition coefficient (Wildman–Crippen LogP) is 3.70. The van der Waals surface area contributed by atoms with E-state index >= 15 is 0 Å². The maximum Gasteiger partial charge on any atom is 0.425 e. The Morgan fingerprint density at radius 1 is 1.11 bits per heavy atom. The second-order valence-corrected chi connectivity index (χ2v) is 8.18. The SMILES string of the molecule is CC1(C)CC(=O)C2=C(C1)N(C[C@H]1CCCO1)C(=O)NC2(C(F)(F)F)C(F)(F)F. The first-order valence-electron chi connectivity index (χ1n) is 8.81. The maximum atomic E-state index is 13.8. The predicted molar refractivity (Wildman–Crippen MR) is 84.1 cm³/mol. The molecule has 1 atom stereocenters. The summed E-state index contributed by atoms with van der Waals surface area (Å²) in [4.78, 5) is 25.9. The second kappa shape index (κ2) is 6.36. The van der Waals surface area contributed by atoms with E-state index in [2.05, 4.69) is 0 Å². The van der Waals surface area contributed by atoms with E-state index in [1.807, 2.05) is 0 Å². The fraction of sp³-hybridized carbons (Fsp3) is 0.765. The molecule has 158 valence electrons. The normalized spacial score (nSPS) is 27.7. The van der Waals surface area contributed by atoms with Gasteiger partial charge in [-0.3, -0.25) is 9.69 Å². The molecule has 0 saturated carbocycles. The highest BCUT2D eigenvalue weighted by molar-refractivity contribution is 6.03. The van der Waals surface area contributed by atoms with Crippen LogP contribution in [0, 0.1) is 5.41 Å². The molecule has 28 heavy (non-hydrogen) atoms. The van der Waals surface area contributed by atoms with E-state index in [4.69, 9.17) is 4.74 Å². The number of nitrogens with zero attached hydrogens (tertiary/aromatic N) is 1. The van der Waals surface area contributed by atoms with Crippen molar-refractivity contribution in [1.82, 2.24) is 10.2 Å². The van der Waals surface area contributed by atoms with Crippen LogP contribution < -0.4 is 5.32 Å². The van der Waals surface area contributed by atoms with E-state index in [9.17, 15) is 35.9 Å². The Labute approximate surface area is 157 Å². The quantitative estimate of drug-likeness (QED) is 0.702. The number of rotatable bonds is 2. The number of hydrogen-bond acceptors (Lipinski definition) is 3. The molecular formula is C17H20F6N2O3. The summed E-state index contributed by atoms with van der Waals surface area (Å²) in [5.74, 6) is -1.27. The van der Waals surface area contributed by atoms with Gasteiger partial charge in [0.15, 0.2) is 5.78 Å². The number of carbonyl (C=O) groups is 2. The van der Waals surface area contributed by atoms with Crippen LogP contribution in [0.25, 0.3) is 0 Å². The van der Waals surface area contributed by atoms with E-state index in [1.54, 1.807) is 13.8 Å². The molecule has 1 aliphatic carbocycles. The Bertz CT molecular complexity index is 705. The molecule has 0 unspecified atom stereocenters. The number of Topliss-reactive ketones (excluding diaryl/α,β-unsaturated/α-hetero) is 1. The molecule has 3 rings (SSSR count). The van der Waals surface area contributed by atoms with Crippen LogP contribution in [0.4, 0.5) is 31.1 Å². The molecule has 5 nitrogen and oxygen atoms in total. The van der Waals surface area contributed by atoms with E-state index in [0.29, 0.717) is 19.4 Å². The van der Waals surface area contributed by atoms with Crippen LogP contribution in [0.15, 0.2) is 11.3 Å². The van der Waals surface area contributed by atoms with Gasteiger partial charge in [0, 0.05) is 18.7 Å². The van der Waals surface area contributed by atoms with Crippen molar-refractivity contribution in [3.05, 3.63) is 11.3 Å². The van der Waals surface area contributed by atoms with E-state index in [1.165, 1.54) is 0 Å². The zero-order valence-corrected chi connectivity index (χ0v) is 15.3. The van der Waals surface area contributed by atoms with Crippen LogP contribution in [0.1, 0.15) is 39.5 Å².